The molecule has 0 bridgehead atoms. The van der Waals surface area contributed by atoms with Gasteiger partial charge in [-0.15, -0.1) is 0 Å². The highest BCUT2D eigenvalue weighted by Crippen LogP contribution is 2.55. The van der Waals surface area contributed by atoms with Gasteiger partial charge in [-0.1, -0.05) is 12.2 Å². The largest absolute Gasteiger partial charge is 0.396 e. The summed E-state index contributed by atoms with van der Waals surface area (Å²) in [4.78, 5) is 0. The van der Waals surface area contributed by atoms with Gasteiger partial charge in [0.15, 0.2) is 0 Å². The van der Waals surface area contributed by atoms with Crippen LogP contribution in [0.3, 0.4) is 0 Å². The molecule has 0 atom stereocenters. The van der Waals surface area contributed by atoms with E-state index in [2.05, 4.69) is 0 Å². The van der Waals surface area contributed by atoms with Crippen molar-refractivity contribution in [2.24, 2.45) is 5.92 Å². The van der Waals surface area contributed by atoms with E-state index in [0.29, 0.717) is 0 Å². The molecule has 0 saturated heterocycles. The van der Waals surface area contributed by atoms with Crippen LogP contribution < -0.4 is 0 Å². The van der Waals surface area contributed by atoms with E-state index < -0.39 is 68.5 Å². The van der Waals surface area contributed by atoms with Crippen LogP contribution in [0.5, 0.6) is 0 Å². The van der Waals surface area contributed by atoms with E-state index in [1.165, 1.54) is 12.2 Å². The minimum absolute atomic E-state index is 0.0756. The average molecular weight is 400 g/mol. The van der Waals surface area contributed by atoms with Gasteiger partial charge in [0.1, 0.15) is 0 Å². The maximum absolute atomic E-state index is 13.6. The van der Waals surface area contributed by atoms with Gasteiger partial charge >= 0.3 is 23.7 Å². The summed E-state index contributed by atoms with van der Waals surface area (Å²) < 4.78 is 109. The first-order chi connectivity index (χ1) is 11.8. The van der Waals surface area contributed by atoms with E-state index in [1.54, 1.807) is 6.92 Å². The van der Waals surface area contributed by atoms with Crippen molar-refractivity contribution in [1.82, 2.24) is 0 Å². The Kier molecular flexibility index (Phi) is 9.53. The van der Waals surface area contributed by atoms with Crippen LogP contribution in [0.2, 0.25) is 0 Å². The second-order valence-electron chi connectivity index (χ2n) is 6.14. The molecule has 0 aromatic rings. The number of aliphatic hydroxyl groups excluding tert-OH is 2. The molecule has 26 heavy (non-hydrogen) atoms. The number of halogens is 8. The molecule has 0 spiro atoms. The van der Waals surface area contributed by atoms with Crippen LogP contribution in [0.1, 0.15) is 45.4 Å². The zero-order chi connectivity index (χ0) is 20.6. The highest BCUT2D eigenvalue weighted by Gasteiger charge is 2.79. The number of hydrogen-bond donors (Lipinski definition) is 2. The van der Waals surface area contributed by atoms with Gasteiger partial charge in [0.2, 0.25) is 0 Å². The van der Waals surface area contributed by atoms with Crippen molar-refractivity contribution in [2.75, 3.05) is 13.2 Å². The number of rotatable bonds is 13. The minimum Gasteiger partial charge on any atom is -0.396 e. The summed E-state index contributed by atoms with van der Waals surface area (Å²) in [6.45, 7) is 0.317. The molecule has 0 aromatic carbocycles. The number of unbranched alkanes of at least 4 members (excludes halogenated alkanes) is 1. The normalized spacial score (nSPS) is 14.6. The lowest BCUT2D eigenvalue weighted by molar-refractivity contribution is -0.368. The number of allylic oxidation sites excluding steroid dienone is 2. The molecule has 0 aliphatic heterocycles. The predicted octanol–water partition coefficient (Wildman–Crippen LogP) is 5.05. The van der Waals surface area contributed by atoms with Gasteiger partial charge in [0.05, 0.1) is 0 Å². The summed E-state index contributed by atoms with van der Waals surface area (Å²) in [6, 6.07) is 0. The van der Waals surface area contributed by atoms with E-state index in [9.17, 15) is 35.1 Å². The third kappa shape index (κ3) is 5.80. The predicted molar refractivity (Wildman–Crippen MR) is 80.0 cm³/mol. The van der Waals surface area contributed by atoms with Gasteiger partial charge in [0.25, 0.3) is 0 Å². The topological polar surface area (TPSA) is 40.5 Å². The molecule has 0 heterocycles. The third-order valence-corrected chi connectivity index (χ3v) is 4.03. The fourth-order valence-electron chi connectivity index (χ4n) is 2.24. The van der Waals surface area contributed by atoms with Crippen molar-refractivity contribution in [1.29, 1.82) is 0 Å². The molecular formula is C16H24F8O2. The summed E-state index contributed by atoms with van der Waals surface area (Å²) >= 11 is 0. The Morgan fingerprint density at radius 1 is 0.769 bits per heavy atom. The molecule has 0 fully saturated rings. The summed E-state index contributed by atoms with van der Waals surface area (Å²) in [5, 5.41) is 17.5. The molecule has 0 radical (unpaired) electrons. The highest BCUT2D eigenvalue weighted by molar-refractivity contribution is 5.03. The van der Waals surface area contributed by atoms with Crippen LogP contribution in [0.15, 0.2) is 12.2 Å². The van der Waals surface area contributed by atoms with Crippen molar-refractivity contribution in [3.8, 4) is 0 Å². The zero-order valence-electron chi connectivity index (χ0n) is 14.3. The fraction of sp³-hybridized carbons (Fsp3) is 0.875. The van der Waals surface area contributed by atoms with Gasteiger partial charge < -0.3 is 10.2 Å². The average Bonchev–Trinajstić information content (AvgIpc) is 2.55. The molecule has 0 saturated carbocycles. The van der Waals surface area contributed by atoms with Crippen molar-refractivity contribution >= 4 is 0 Å². The first kappa shape index (κ1) is 25.1. The molecule has 0 rings (SSSR count). The lowest BCUT2D eigenvalue weighted by atomic mass is 9.91. The summed E-state index contributed by atoms with van der Waals surface area (Å²) in [6.07, 6.45) is -2.36. The van der Waals surface area contributed by atoms with Crippen LogP contribution in [-0.4, -0.2) is 47.1 Å². The molecule has 156 valence electrons. The standard InChI is InChI=1S/C16H24F8O2/c1-2-3-4-5-8-13(17,18)15(21,22)16(23,24)14(19,20)9-6-7-12(10-25)11-26/h2-3,12,25-26H,4-11H2,1H3/b3-2+. The summed E-state index contributed by atoms with van der Waals surface area (Å²) in [5.74, 6) is -24.0. The maximum atomic E-state index is 13.6. The van der Waals surface area contributed by atoms with Crippen molar-refractivity contribution in [3.63, 3.8) is 0 Å². The molecule has 0 aliphatic rings. The Hall–Kier alpha value is -0.900. The molecule has 0 unspecified atom stereocenters. The van der Waals surface area contributed by atoms with Crippen molar-refractivity contribution in [3.05, 3.63) is 12.2 Å². The van der Waals surface area contributed by atoms with Gasteiger partial charge in [-0.3, -0.25) is 0 Å². The summed E-state index contributed by atoms with van der Waals surface area (Å²) in [7, 11) is 0. The first-order valence-electron chi connectivity index (χ1n) is 8.15. The molecule has 0 aromatic heterocycles. The van der Waals surface area contributed by atoms with Gasteiger partial charge in [0, 0.05) is 32.0 Å². The number of aliphatic hydroxyl groups is 2. The number of alkyl halides is 8. The SMILES string of the molecule is C/C=C/CCCC(F)(F)C(F)(F)C(F)(F)C(F)(F)CCCC(CO)CO. The smallest absolute Gasteiger partial charge is 0.378 e. The Bertz CT molecular complexity index is 434. The van der Waals surface area contributed by atoms with Crippen LogP contribution in [-0.2, 0) is 0 Å². The monoisotopic (exact) mass is 400 g/mol. The molecule has 2 nitrogen and oxygen atoms in total. The first-order valence-corrected chi connectivity index (χ1v) is 8.15. The quantitative estimate of drug-likeness (QED) is 0.258. The Labute approximate surface area is 146 Å². The second-order valence-corrected chi connectivity index (χ2v) is 6.14. The fourth-order valence-corrected chi connectivity index (χ4v) is 2.24. The van der Waals surface area contributed by atoms with Gasteiger partial charge in [-0.25, -0.2) is 0 Å². The van der Waals surface area contributed by atoms with Gasteiger partial charge in [-0.05, 0) is 32.6 Å². The minimum atomic E-state index is -6.25. The van der Waals surface area contributed by atoms with Crippen LogP contribution in [0, 0.1) is 5.92 Å². The second kappa shape index (κ2) is 9.87. The molecule has 0 aliphatic carbocycles. The lowest BCUT2D eigenvalue weighted by Crippen LogP contribution is -2.62. The molecule has 0 amide bonds. The maximum Gasteiger partial charge on any atom is 0.378 e. The Morgan fingerprint density at radius 2 is 1.19 bits per heavy atom. The van der Waals surface area contributed by atoms with E-state index in [0.717, 1.165) is 0 Å². The van der Waals surface area contributed by atoms with Crippen molar-refractivity contribution in [2.45, 2.75) is 69.1 Å². The van der Waals surface area contributed by atoms with Crippen molar-refractivity contribution < 1.29 is 45.3 Å². The number of hydrogen-bond acceptors (Lipinski definition) is 2. The van der Waals surface area contributed by atoms with Crippen LogP contribution >= 0.6 is 0 Å². The molecule has 10 heteroatoms. The lowest BCUT2D eigenvalue weighted by Gasteiger charge is -2.37. The molecular weight excluding hydrogens is 376 g/mol. The van der Waals surface area contributed by atoms with E-state index in [-0.39, 0.29) is 12.8 Å². The van der Waals surface area contributed by atoms with E-state index in [1.807, 2.05) is 0 Å². The zero-order valence-corrected chi connectivity index (χ0v) is 14.3. The Balaban J connectivity index is 5.14. The van der Waals surface area contributed by atoms with Gasteiger partial charge in [-0.2, -0.15) is 35.1 Å². The molecule has 2 N–H and O–H groups in total. The summed E-state index contributed by atoms with van der Waals surface area (Å²) in [5.41, 5.74) is 0. The van der Waals surface area contributed by atoms with E-state index in [4.69, 9.17) is 10.2 Å². The highest BCUT2D eigenvalue weighted by atomic mass is 19.4. The third-order valence-electron chi connectivity index (χ3n) is 4.03. The van der Waals surface area contributed by atoms with Crippen LogP contribution in [0.4, 0.5) is 35.1 Å². The van der Waals surface area contributed by atoms with E-state index >= 15 is 0 Å². The van der Waals surface area contributed by atoms with Crippen LogP contribution in [0.25, 0.3) is 0 Å². The Morgan fingerprint density at radius 3 is 1.58 bits per heavy atom.